The number of methoxy groups -OCH3 is 1. The van der Waals surface area contributed by atoms with Crippen molar-refractivity contribution in [1.29, 1.82) is 0 Å². The van der Waals surface area contributed by atoms with Gasteiger partial charge in [0.05, 0.1) is 18.5 Å². The van der Waals surface area contributed by atoms with Gasteiger partial charge in [-0.25, -0.2) is 0 Å². The van der Waals surface area contributed by atoms with Crippen molar-refractivity contribution >= 4 is 23.2 Å². The molecule has 3 aromatic rings. The Labute approximate surface area is 210 Å². The quantitative estimate of drug-likeness (QED) is 0.411. The van der Waals surface area contributed by atoms with Gasteiger partial charge in [0.1, 0.15) is 17.6 Å². The van der Waals surface area contributed by atoms with E-state index in [-0.39, 0.29) is 11.9 Å². The molecular weight excluding hydrogens is 464 g/mol. The molecule has 184 valence electrons. The number of aliphatic imine (C=N–C) groups is 1. The summed E-state index contributed by atoms with van der Waals surface area (Å²) in [5.74, 6) is 2.21. The zero-order chi connectivity index (χ0) is 24.8. The van der Waals surface area contributed by atoms with E-state index in [9.17, 15) is 4.79 Å². The molecule has 35 heavy (non-hydrogen) atoms. The number of hydrogen-bond donors (Lipinski definition) is 2. The standard InChI is InChI=1S/C26H31ClN6O2/c1-17-31-32-26-22(11-13-24(34)29-15-5-3-4-14-28)30-25(18-6-8-19(27)9-7-18)21-16-20(35-2)10-12-23(21)33(17)26/h6-10,12,16,22H,3-5,11,13-15,28H2,1-2H3,(H,29,34). The first kappa shape index (κ1) is 24.9. The maximum atomic E-state index is 12.6. The highest BCUT2D eigenvalue weighted by Crippen LogP contribution is 2.34. The lowest BCUT2D eigenvalue weighted by molar-refractivity contribution is -0.121. The van der Waals surface area contributed by atoms with Crippen molar-refractivity contribution in [3.8, 4) is 11.4 Å². The first-order valence-electron chi connectivity index (χ1n) is 11.9. The number of nitrogens with two attached hydrogens (primary N) is 1. The number of fused-ring (bicyclic) bond motifs is 3. The van der Waals surface area contributed by atoms with Gasteiger partial charge in [0, 0.05) is 29.1 Å². The molecule has 1 amide bonds. The molecule has 0 bridgehead atoms. The minimum atomic E-state index is -0.344. The molecule has 1 atom stereocenters. The number of ether oxygens (including phenoxy) is 1. The zero-order valence-electron chi connectivity index (χ0n) is 20.1. The van der Waals surface area contributed by atoms with E-state index in [4.69, 9.17) is 27.1 Å². The van der Waals surface area contributed by atoms with Crippen LogP contribution in [0.5, 0.6) is 5.75 Å². The molecule has 8 nitrogen and oxygen atoms in total. The van der Waals surface area contributed by atoms with Crippen molar-refractivity contribution in [1.82, 2.24) is 20.1 Å². The Morgan fingerprint density at radius 1 is 1.14 bits per heavy atom. The van der Waals surface area contributed by atoms with Crippen LogP contribution < -0.4 is 15.8 Å². The van der Waals surface area contributed by atoms with E-state index >= 15 is 0 Å². The summed E-state index contributed by atoms with van der Waals surface area (Å²) in [6, 6.07) is 13.1. The number of aryl methyl sites for hydroxylation is 1. The molecule has 0 radical (unpaired) electrons. The van der Waals surface area contributed by atoms with Crippen LogP contribution in [0.1, 0.15) is 60.9 Å². The van der Waals surface area contributed by atoms with Crippen LogP contribution in [0.2, 0.25) is 5.02 Å². The lowest BCUT2D eigenvalue weighted by Gasteiger charge is -2.14. The van der Waals surface area contributed by atoms with Crippen LogP contribution in [-0.2, 0) is 4.79 Å². The van der Waals surface area contributed by atoms with Gasteiger partial charge in [-0.15, -0.1) is 10.2 Å². The first-order chi connectivity index (χ1) is 17.0. The molecule has 3 N–H and O–H groups in total. The highest BCUT2D eigenvalue weighted by Gasteiger charge is 2.28. The van der Waals surface area contributed by atoms with Crippen LogP contribution in [0.15, 0.2) is 47.5 Å². The Morgan fingerprint density at radius 3 is 2.69 bits per heavy atom. The van der Waals surface area contributed by atoms with E-state index in [2.05, 4.69) is 15.5 Å². The molecule has 2 heterocycles. The molecule has 1 aliphatic heterocycles. The van der Waals surface area contributed by atoms with Gasteiger partial charge in [-0.2, -0.15) is 0 Å². The smallest absolute Gasteiger partial charge is 0.220 e. The fourth-order valence-electron chi connectivity index (χ4n) is 4.26. The third kappa shape index (κ3) is 5.71. The number of rotatable bonds is 10. The van der Waals surface area contributed by atoms with Gasteiger partial charge in [0.25, 0.3) is 0 Å². The fourth-order valence-corrected chi connectivity index (χ4v) is 4.39. The van der Waals surface area contributed by atoms with Gasteiger partial charge in [-0.3, -0.25) is 14.4 Å². The largest absolute Gasteiger partial charge is 0.497 e. The molecule has 2 aromatic carbocycles. The lowest BCUT2D eigenvalue weighted by Crippen LogP contribution is -2.24. The number of nitrogens with zero attached hydrogens (tertiary/aromatic N) is 4. The number of benzene rings is 2. The minimum Gasteiger partial charge on any atom is -0.497 e. The van der Waals surface area contributed by atoms with Crippen molar-refractivity contribution in [3.63, 3.8) is 0 Å². The van der Waals surface area contributed by atoms with Crippen molar-refractivity contribution in [2.75, 3.05) is 20.2 Å². The van der Waals surface area contributed by atoms with E-state index in [0.29, 0.717) is 36.8 Å². The summed E-state index contributed by atoms with van der Waals surface area (Å²) in [5.41, 5.74) is 9.09. The van der Waals surface area contributed by atoms with Crippen LogP contribution in [0.3, 0.4) is 0 Å². The van der Waals surface area contributed by atoms with Crippen LogP contribution in [0.4, 0.5) is 0 Å². The Bertz CT molecular complexity index is 1210. The van der Waals surface area contributed by atoms with Gasteiger partial charge in [-0.05, 0) is 63.1 Å². The Morgan fingerprint density at radius 2 is 1.94 bits per heavy atom. The number of amides is 1. The van der Waals surface area contributed by atoms with Gasteiger partial charge >= 0.3 is 0 Å². The topological polar surface area (TPSA) is 107 Å². The summed E-state index contributed by atoms with van der Waals surface area (Å²) in [7, 11) is 1.64. The van der Waals surface area contributed by atoms with Gasteiger partial charge in [0.15, 0.2) is 5.82 Å². The van der Waals surface area contributed by atoms with Gasteiger partial charge in [-0.1, -0.05) is 30.2 Å². The molecule has 4 rings (SSSR count). The minimum absolute atomic E-state index is 0.00667. The average Bonchev–Trinajstić information content (AvgIpc) is 3.18. The predicted molar refractivity (Wildman–Crippen MR) is 138 cm³/mol. The van der Waals surface area contributed by atoms with E-state index in [0.717, 1.165) is 53.4 Å². The van der Waals surface area contributed by atoms with E-state index in [1.807, 2.05) is 54.0 Å². The Kier molecular flexibility index (Phi) is 8.15. The molecule has 1 aromatic heterocycles. The molecule has 0 saturated carbocycles. The normalized spacial score (nSPS) is 14.5. The predicted octanol–water partition coefficient (Wildman–Crippen LogP) is 4.16. The molecule has 0 aliphatic carbocycles. The maximum absolute atomic E-state index is 12.6. The highest BCUT2D eigenvalue weighted by molar-refractivity contribution is 6.30. The summed E-state index contributed by atoms with van der Waals surface area (Å²) < 4.78 is 7.54. The van der Waals surface area contributed by atoms with Crippen molar-refractivity contribution in [3.05, 3.63) is 70.3 Å². The molecule has 0 saturated heterocycles. The van der Waals surface area contributed by atoms with Crippen LogP contribution in [-0.4, -0.2) is 46.6 Å². The second-order valence-corrected chi connectivity index (χ2v) is 9.00. The van der Waals surface area contributed by atoms with E-state index in [1.165, 1.54) is 0 Å². The molecular formula is C26H31ClN6O2. The Hall–Kier alpha value is -3.23. The van der Waals surface area contributed by atoms with Crippen LogP contribution in [0, 0.1) is 6.92 Å². The summed E-state index contributed by atoms with van der Waals surface area (Å²) in [5, 5.41) is 12.5. The third-order valence-corrected chi connectivity index (χ3v) is 6.35. The number of unbranched alkanes of at least 4 members (excludes halogenated alkanes) is 2. The highest BCUT2D eigenvalue weighted by atomic mass is 35.5. The van der Waals surface area contributed by atoms with Crippen LogP contribution in [0.25, 0.3) is 5.69 Å². The fraction of sp³-hybridized carbons (Fsp3) is 0.385. The maximum Gasteiger partial charge on any atom is 0.220 e. The molecule has 0 spiro atoms. The number of nitrogens with one attached hydrogen (secondary N) is 1. The average molecular weight is 495 g/mol. The summed E-state index contributed by atoms with van der Waals surface area (Å²) >= 11 is 6.16. The molecule has 1 unspecified atom stereocenters. The second kappa shape index (κ2) is 11.5. The van der Waals surface area contributed by atoms with Crippen molar-refractivity contribution in [2.45, 2.75) is 45.1 Å². The van der Waals surface area contributed by atoms with E-state index in [1.54, 1.807) is 7.11 Å². The summed E-state index contributed by atoms with van der Waals surface area (Å²) in [6.07, 6.45) is 3.76. The third-order valence-electron chi connectivity index (χ3n) is 6.10. The van der Waals surface area contributed by atoms with Crippen molar-refractivity contribution in [2.24, 2.45) is 10.7 Å². The van der Waals surface area contributed by atoms with Gasteiger partial charge in [0.2, 0.25) is 5.91 Å². The molecule has 9 heteroatoms. The van der Waals surface area contributed by atoms with E-state index < -0.39 is 0 Å². The number of halogens is 1. The molecule has 1 aliphatic rings. The number of aromatic nitrogens is 3. The monoisotopic (exact) mass is 494 g/mol. The summed E-state index contributed by atoms with van der Waals surface area (Å²) in [4.78, 5) is 17.7. The van der Waals surface area contributed by atoms with Gasteiger partial charge < -0.3 is 15.8 Å². The summed E-state index contributed by atoms with van der Waals surface area (Å²) in [6.45, 7) is 3.25. The SMILES string of the molecule is COc1ccc2c(c1)C(c1ccc(Cl)cc1)=NC(CCC(=O)NCCCCCN)c1nnc(C)n1-2. The molecule has 0 fully saturated rings. The second-order valence-electron chi connectivity index (χ2n) is 8.56. The van der Waals surface area contributed by atoms with Crippen molar-refractivity contribution < 1.29 is 9.53 Å². The number of carbonyl (C=O) groups excluding carboxylic acids is 1. The number of carbonyl (C=O) groups is 1. The lowest BCUT2D eigenvalue weighted by atomic mass is 10.00. The Balaban J connectivity index is 1.67. The van der Waals surface area contributed by atoms with Crippen LogP contribution >= 0.6 is 11.6 Å². The zero-order valence-corrected chi connectivity index (χ0v) is 20.9. The first-order valence-corrected chi connectivity index (χ1v) is 12.3. The number of hydrogen-bond acceptors (Lipinski definition) is 6.